The zero-order valence-electron chi connectivity index (χ0n) is 16.4. The van der Waals surface area contributed by atoms with Crippen molar-refractivity contribution in [2.75, 3.05) is 11.9 Å². The third-order valence-electron chi connectivity index (χ3n) is 4.58. The Hall–Kier alpha value is -2.93. The summed E-state index contributed by atoms with van der Waals surface area (Å²) in [5, 5.41) is 10.2. The summed E-state index contributed by atoms with van der Waals surface area (Å²) in [5.41, 5.74) is 4.37. The Kier molecular flexibility index (Phi) is 6.82. The lowest BCUT2D eigenvalue weighted by molar-refractivity contribution is -0.120. The van der Waals surface area contributed by atoms with E-state index in [1.54, 1.807) is 0 Å². The Bertz CT molecular complexity index is 998. The first-order chi connectivity index (χ1) is 13.9. The molecule has 1 aromatic heterocycles. The second kappa shape index (κ2) is 9.52. The zero-order valence-corrected chi connectivity index (χ0v) is 18.0. The molecular formula is C22H23BrN4O2. The lowest BCUT2D eigenvalue weighted by atomic mass is 10.1. The summed E-state index contributed by atoms with van der Waals surface area (Å²) in [5.74, 6) is -0.267. The number of nitrogens with one attached hydrogen (secondary N) is 2. The molecule has 3 rings (SSSR count). The summed E-state index contributed by atoms with van der Waals surface area (Å²) in [4.78, 5) is 24.4. The van der Waals surface area contributed by atoms with Crippen LogP contribution in [0.25, 0.3) is 5.69 Å². The van der Waals surface area contributed by atoms with Gasteiger partial charge >= 0.3 is 0 Å². The van der Waals surface area contributed by atoms with Crippen LogP contribution in [0.1, 0.15) is 23.4 Å². The van der Waals surface area contributed by atoms with Gasteiger partial charge in [0, 0.05) is 34.4 Å². The summed E-state index contributed by atoms with van der Waals surface area (Å²) >= 11 is 3.36. The number of anilines is 1. The largest absolute Gasteiger partial charge is 0.355 e. The topological polar surface area (TPSA) is 76.0 Å². The van der Waals surface area contributed by atoms with Gasteiger partial charge in [0.1, 0.15) is 0 Å². The van der Waals surface area contributed by atoms with E-state index >= 15 is 0 Å². The molecule has 0 fully saturated rings. The maximum Gasteiger partial charge on any atom is 0.226 e. The van der Waals surface area contributed by atoms with Gasteiger partial charge < -0.3 is 10.6 Å². The second-order valence-corrected chi connectivity index (χ2v) is 7.64. The number of para-hydroxylation sites is 1. The van der Waals surface area contributed by atoms with Crippen LogP contribution in [0.15, 0.2) is 59.1 Å². The molecule has 0 atom stereocenters. The number of amides is 2. The molecule has 2 amide bonds. The number of rotatable bonds is 7. The molecule has 0 aliphatic carbocycles. The molecular weight excluding hydrogens is 432 g/mol. The van der Waals surface area contributed by atoms with Crippen molar-refractivity contribution < 1.29 is 9.59 Å². The fraction of sp³-hybridized carbons (Fsp3) is 0.227. The summed E-state index contributed by atoms with van der Waals surface area (Å²) in [6.45, 7) is 4.15. The van der Waals surface area contributed by atoms with Crippen LogP contribution in [0.2, 0.25) is 0 Å². The van der Waals surface area contributed by atoms with Gasteiger partial charge in [0.15, 0.2) is 0 Å². The highest BCUT2D eigenvalue weighted by Crippen LogP contribution is 2.18. The molecule has 0 unspecified atom stereocenters. The van der Waals surface area contributed by atoms with Crippen molar-refractivity contribution in [3.8, 4) is 5.69 Å². The molecule has 0 saturated heterocycles. The van der Waals surface area contributed by atoms with Crippen molar-refractivity contribution in [1.82, 2.24) is 15.1 Å². The third-order valence-corrected chi connectivity index (χ3v) is 5.11. The molecule has 1 heterocycles. The lowest BCUT2D eigenvalue weighted by Crippen LogP contribution is -2.29. The van der Waals surface area contributed by atoms with Crippen molar-refractivity contribution in [2.45, 2.75) is 26.7 Å². The Morgan fingerprint density at radius 2 is 1.69 bits per heavy atom. The number of halogens is 1. The molecule has 0 aliphatic rings. The quantitative estimate of drug-likeness (QED) is 0.567. The number of benzene rings is 2. The van der Waals surface area contributed by atoms with E-state index in [0.29, 0.717) is 0 Å². The minimum absolute atomic E-state index is 0.125. The molecule has 7 heteroatoms. The molecule has 0 bridgehead atoms. The molecule has 0 spiro atoms. The normalized spacial score (nSPS) is 10.6. The van der Waals surface area contributed by atoms with E-state index in [1.165, 1.54) is 0 Å². The van der Waals surface area contributed by atoms with Crippen molar-refractivity contribution in [2.24, 2.45) is 0 Å². The zero-order chi connectivity index (χ0) is 20.8. The molecule has 3 aromatic rings. The fourth-order valence-corrected chi connectivity index (χ4v) is 3.31. The minimum atomic E-state index is -0.142. The van der Waals surface area contributed by atoms with Crippen LogP contribution < -0.4 is 10.6 Å². The molecule has 2 N–H and O–H groups in total. The van der Waals surface area contributed by atoms with E-state index in [4.69, 9.17) is 0 Å². The first-order valence-corrected chi connectivity index (χ1v) is 10.2. The maximum atomic E-state index is 12.4. The van der Waals surface area contributed by atoms with Crippen molar-refractivity contribution in [1.29, 1.82) is 0 Å². The fourth-order valence-electron chi connectivity index (χ4n) is 3.05. The smallest absolute Gasteiger partial charge is 0.226 e. The average molecular weight is 455 g/mol. The van der Waals surface area contributed by atoms with Crippen LogP contribution in [0.4, 0.5) is 5.69 Å². The number of aryl methyl sites for hydroxylation is 1. The molecule has 0 radical (unpaired) electrons. The van der Waals surface area contributed by atoms with E-state index in [9.17, 15) is 9.59 Å². The Balaban J connectivity index is 1.51. The highest BCUT2D eigenvalue weighted by Gasteiger charge is 2.16. The molecule has 0 saturated carbocycles. The number of aromatic nitrogens is 2. The molecule has 6 nitrogen and oxygen atoms in total. The Labute approximate surface area is 178 Å². The van der Waals surface area contributed by atoms with Gasteiger partial charge in [-0.1, -0.05) is 34.1 Å². The van der Waals surface area contributed by atoms with Gasteiger partial charge in [0.2, 0.25) is 11.8 Å². The monoisotopic (exact) mass is 454 g/mol. The van der Waals surface area contributed by atoms with Crippen molar-refractivity contribution in [3.63, 3.8) is 0 Å². The number of nitrogens with zero attached hydrogens (tertiary/aromatic N) is 2. The van der Waals surface area contributed by atoms with Gasteiger partial charge in [0.25, 0.3) is 0 Å². The highest BCUT2D eigenvalue weighted by molar-refractivity contribution is 9.10. The number of hydrogen-bond acceptors (Lipinski definition) is 3. The molecule has 0 aliphatic heterocycles. The van der Waals surface area contributed by atoms with Crippen molar-refractivity contribution in [3.05, 3.63) is 76.0 Å². The van der Waals surface area contributed by atoms with Crippen LogP contribution in [-0.4, -0.2) is 28.1 Å². The second-order valence-electron chi connectivity index (χ2n) is 6.73. The van der Waals surface area contributed by atoms with Gasteiger partial charge in [-0.15, -0.1) is 0 Å². The average Bonchev–Trinajstić information content (AvgIpc) is 2.98. The maximum absolute atomic E-state index is 12.4. The summed E-state index contributed by atoms with van der Waals surface area (Å²) < 4.78 is 2.80. The highest BCUT2D eigenvalue weighted by atomic mass is 79.9. The summed E-state index contributed by atoms with van der Waals surface area (Å²) in [6, 6.07) is 17.2. The predicted molar refractivity (Wildman–Crippen MR) is 117 cm³/mol. The van der Waals surface area contributed by atoms with Gasteiger partial charge in [-0.2, -0.15) is 5.10 Å². The number of carbonyl (C=O) groups is 2. The van der Waals surface area contributed by atoms with Crippen LogP contribution in [-0.2, 0) is 16.0 Å². The number of carbonyl (C=O) groups excluding carboxylic acids is 2. The van der Waals surface area contributed by atoms with Gasteiger partial charge in [-0.05, 0) is 50.2 Å². The molecule has 29 heavy (non-hydrogen) atoms. The van der Waals surface area contributed by atoms with E-state index in [-0.39, 0.29) is 31.2 Å². The molecule has 2 aromatic carbocycles. The van der Waals surface area contributed by atoms with Gasteiger partial charge in [0.05, 0.1) is 17.8 Å². The van der Waals surface area contributed by atoms with Crippen LogP contribution >= 0.6 is 15.9 Å². The Morgan fingerprint density at radius 1 is 1.00 bits per heavy atom. The summed E-state index contributed by atoms with van der Waals surface area (Å²) in [6.07, 6.45) is 0.446. The van der Waals surface area contributed by atoms with Crippen LogP contribution in [0.5, 0.6) is 0 Å². The standard InChI is InChI=1S/C22H23BrN4O2/c1-15-20(16(2)27(26-15)19-6-4-3-5-7-19)14-22(29)24-13-12-21(28)25-18-10-8-17(23)9-11-18/h3-11H,12-14H2,1-2H3,(H,24,29)(H,25,28). The minimum Gasteiger partial charge on any atom is -0.355 e. The number of hydrogen-bond donors (Lipinski definition) is 2. The van der Waals surface area contributed by atoms with Crippen molar-refractivity contribution >= 4 is 33.4 Å². The van der Waals surface area contributed by atoms with E-state index in [0.717, 1.165) is 32.8 Å². The van der Waals surface area contributed by atoms with E-state index in [1.807, 2.05) is 73.1 Å². The van der Waals surface area contributed by atoms with Gasteiger partial charge in [-0.25, -0.2) is 4.68 Å². The first kappa shape index (κ1) is 20.8. The van der Waals surface area contributed by atoms with Gasteiger partial charge in [-0.3, -0.25) is 9.59 Å². The first-order valence-electron chi connectivity index (χ1n) is 9.36. The van der Waals surface area contributed by atoms with E-state index < -0.39 is 0 Å². The lowest BCUT2D eigenvalue weighted by Gasteiger charge is -2.08. The third kappa shape index (κ3) is 5.54. The Morgan fingerprint density at radius 3 is 2.38 bits per heavy atom. The molecule has 150 valence electrons. The predicted octanol–water partition coefficient (Wildman–Crippen LogP) is 3.94. The van der Waals surface area contributed by atoms with Crippen LogP contribution in [0.3, 0.4) is 0 Å². The SMILES string of the molecule is Cc1nn(-c2ccccc2)c(C)c1CC(=O)NCCC(=O)Nc1ccc(Br)cc1. The van der Waals surface area contributed by atoms with Crippen LogP contribution in [0, 0.1) is 13.8 Å². The summed E-state index contributed by atoms with van der Waals surface area (Å²) in [7, 11) is 0. The van der Waals surface area contributed by atoms with E-state index in [2.05, 4.69) is 31.7 Å².